The fourth-order valence-corrected chi connectivity index (χ4v) is 5.51. The molecule has 7 rings (SSSR count). The molecule has 2 amide bonds. The Labute approximate surface area is 252 Å². The molecular weight excluding hydrogens is 607 g/mol. The van der Waals surface area contributed by atoms with E-state index in [1.54, 1.807) is 0 Å². The van der Waals surface area contributed by atoms with Crippen molar-refractivity contribution >= 4 is 63.4 Å². The summed E-state index contributed by atoms with van der Waals surface area (Å²) in [6, 6.07) is 10.9. The maximum Gasteiger partial charge on any atom is 0.494 e. The third-order valence-corrected chi connectivity index (χ3v) is 8.84. The molecule has 2 aromatic rings. The quantitative estimate of drug-likeness (QED) is 0.457. The average molecular weight is 639 g/mol. The van der Waals surface area contributed by atoms with Crippen molar-refractivity contribution in [3.05, 3.63) is 40.9 Å². The predicted octanol–water partition coefficient (Wildman–Crippen LogP) is 2.50. The lowest BCUT2D eigenvalue weighted by atomic mass is 9.79. The van der Waals surface area contributed by atoms with Crippen molar-refractivity contribution in [2.24, 2.45) is 10.2 Å². The van der Waals surface area contributed by atoms with E-state index >= 15 is 0 Å². The third kappa shape index (κ3) is 4.80. The van der Waals surface area contributed by atoms with Gasteiger partial charge in [-0.1, -0.05) is 22.0 Å². The van der Waals surface area contributed by atoms with Gasteiger partial charge in [0, 0.05) is 4.47 Å². The SMILES string of the molecule is C[C@@H]1C(=O)NN=C2COc3cc(B4OC(C)(C)C(C)(C)O4)ccc3N21.C[C@@H]1C(=O)NN=C2COc3cc(Br)ccc3N21. The average Bonchev–Trinajstić information content (AvgIpc) is 3.18. The maximum absolute atomic E-state index is 11.9. The second-order valence-electron chi connectivity index (χ2n) is 11.6. The number of amidine groups is 2. The zero-order chi connectivity index (χ0) is 30.0. The molecule has 220 valence electrons. The fraction of sp³-hybridized carbons (Fsp3) is 0.429. The van der Waals surface area contributed by atoms with Crippen molar-refractivity contribution in [1.29, 1.82) is 0 Å². The molecule has 0 radical (unpaired) electrons. The lowest BCUT2D eigenvalue weighted by Gasteiger charge is -2.38. The van der Waals surface area contributed by atoms with Gasteiger partial charge in [-0.3, -0.25) is 9.59 Å². The molecular formula is C28H32BBrN6O6. The van der Waals surface area contributed by atoms with Crippen LogP contribution < -0.4 is 35.6 Å². The summed E-state index contributed by atoms with van der Waals surface area (Å²) in [4.78, 5) is 27.4. The Morgan fingerprint density at radius 1 is 0.810 bits per heavy atom. The van der Waals surface area contributed by atoms with E-state index in [-0.39, 0.29) is 23.9 Å². The molecule has 14 heteroatoms. The van der Waals surface area contributed by atoms with Crippen LogP contribution in [0.2, 0.25) is 0 Å². The number of anilines is 2. The Kier molecular flexibility index (Phi) is 6.98. The highest BCUT2D eigenvalue weighted by molar-refractivity contribution is 9.10. The van der Waals surface area contributed by atoms with Crippen LogP contribution in [-0.2, 0) is 18.9 Å². The minimum atomic E-state index is -0.448. The van der Waals surface area contributed by atoms with Crippen LogP contribution >= 0.6 is 15.9 Å². The molecule has 0 bridgehead atoms. The summed E-state index contributed by atoms with van der Waals surface area (Å²) >= 11 is 3.40. The number of hydrogen-bond donors (Lipinski definition) is 2. The van der Waals surface area contributed by atoms with E-state index in [9.17, 15) is 9.59 Å². The summed E-state index contributed by atoms with van der Waals surface area (Å²) in [6.45, 7) is 12.5. The summed E-state index contributed by atoms with van der Waals surface area (Å²) in [5, 5.41) is 8.10. The van der Waals surface area contributed by atoms with Crippen LogP contribution in [0.25, 0.3) is 0 Å². The molecule has 2 N–H and O–H groups in total. The number of carbonyl (C=O) groups is 2. The second-order valence-corrected chi connectivity index (χ2v) is 12.5. The number of halogens is 1. The van der Waals surface area contributed by atoms with Crippen LogP contribution in [0.1, 0.15) is 41.5 Å². The summed E-state index contributed by atoms with van der Waals surface area (Å²) in [5.41, 5.74) is 6.82. The number of benzene rings is 2. The second kappa shape index (κ2) is 10.3. The predicted molar refractivity (Wildman–Crippen MR) is 162 cm³/mol. The number of ether oxygens (including phenoxy) is 2. The van der Waals surface area contributed by atoms with Gasteiger partial charge in [-0.15, -0.1) is 0 Å². The Hall–Kier alpha value is -3.62. The van der Waals surface area contributed by atoms with Crippen LogP contribution in [0.15, 0.2) is 51.1 Å². The van der Waals surface area contributed by atoms with Gasteiger partial charge in [-0.25, -0.2) is 10.9 Å². The van der Waals surface area contributed by atoms with Crippen molar-refractivity contribution in [2.45, 2.75) is 64.8 Å². The normalized spacial score (nSPS) is 24.6. The van der Waals surface area contributed by atoms with Crippen molar-refractivity contribution < 1.29 is 28.4 Å². The van der Waals surface area contributed by atoms with E-state index in [4.69, 9.17) is 18.8 Å². The largest absolute Gasteiger partial charge is 0.494 e. The molecule has 5 aliphatic heterocycles. The first-order chi connectivity index (χ1) is 19.9. The van der Waals surface area contributed by atoms with Crippen molar-refractivity contribution in [3.8, 4) is 11.5 Å². The molecule has 1 fully saturated rings. The minimum Gasteiger partial charge on any atom is -0.483 e. The van der Waals surface area contributed by atoms with Gasteiger partial charge in [0.2, 0.25) is 0 Å². The van der Waals surface area contributed by atoms with E-state index in [0.29, 0.717) is 24.8 Å². The van der Waals surface area contributed by atoms with Gasteiger partial charge in [-0.2, -0.15) is 10.2 Å². The van der Waals surface area contributed by atoms with Crippen molar-refractivity contribution in [2.75, 3.05) is 23.0 Å². The van der Waals surface area contributed by atoms with Crippen LogP contribution in [0.5, 0.6) is 11.5 Å². The van der Waals surface area contributed by atoms with E-state index in [2.05, 4.69) is 37.0 Å². The number of carbonyl (C=O) groups excluding carboxylic acids is 2. The lowest BCUT2D eigenvalue weighted by molar-refractivity contribution is -0.123. The summed E-state index contributed by atoms with van der Waals surface area (Å²) in [7, 11) is -0.448. The highest BCUT2D eigenvalue weighted by Gasteiger charge is 2.52. The molecule has 5 aliphatic rings. The Morgan fingerprint density at radius 2 is 1.29 bits per heavy atom. The van der Waals surface area contributed by atoms with Gasteiger partial charge in [0.15, 0.2) is 11.7 Å². The first kappa shape index (κ1) is 28.5. The third-order valence-electron chi connectivity index (χ3n) is 8.34. The molecule has 0 spiro atoms. The van der Waals surface area contributed by atoms with Gasteiger partial charge < -0.3 is 28.6 Å². The zero-order valence-corrected chi connectivity index (χ0v) is 25.8. The number of fused-ring (bicyclic) bond motifs is 6. The number of hydrazone groups is 2. The lowest BCUT2D eigenvalue weighted by Crippen LogP contribution is -2.55. The summed E-state index contributed by atoms with van der Waals surface area (Å²) in [6.07, 6.45) is 0. The molecule has 2 aromatic carbocycles. The fourth-order valence-electron chi connectivity index (χ4n) is 5.17. The number of amides is 2. The molecule has 5 heterocycles. The highest BCUT2D eigenvalue weighted by atomic mass is 79.9. The zero-order valence-electron chi connectivity index (χ0n) is 24.2. The first-order valence-electron chi connectivity index (χ1n) is 13.7. The van der Waals surface area contributed by atoms with Gasteiger partial charge in [0.25, 0.3) is 11.8 Å². The van der Waals surface area contributed by atoms with E-state index in [1.807, 2.05) is 87.7 Å². The number of rotatable bonds is 1. The Morgan fingerprint density at radius 3 is 1.81 bits per heavy atom. The summed E-state index contributed by atoms with van der Waals surface area (Å²) < 4.78 is 24.6. The van der Waals surface area contributed by atoms with Gasteiger partial charge in [-0.05, 0) is 77.3 Å². The van der Waals surface area contributed by atoms with Crippen molar-refractivity contribution in [1.82, 2.24) is 10.9 Å². The van der Waals surface area contributed by atoms with Crippen LogP contribution in [0.4, 0.5) is 11.4 Å². The molecule has 1 saturated heterocycles. The number of nitrogens with zero attached hydrogens (tertiary/aromatic N) is 4. The maximum atomic E-state index is 11.9. The van der Waals surface area contributed by atoms with Gasteiger partial charge in [0.1, 0.15) is 36.8 Å². The monoisotopic (exact) mass is 638 g/mol. The minimum absolute atomic E-state index is 0.107. The molecule has 2 atom stereocenters. The van der Waals surface area contributed by atoms with E-state index in [1.165, 1.54) is 0 Å². The number of nitrogens with one attached hydrogen (secondary N) is 2. The molecule has 0 aliphatic carbocycles. The van der Waals surface area contributed by atoms with Crippen molar-refractivity contribution in [3.63, 3.8) is 0 Å². The molecule has 0 aromatic heterocycles. The highest BCUT2D eigenvalue weighted by Crippen LogP contribution is 2.39. The van der Waals surface area contributed by atoms with Gasteiger partial charge in [0.05, 0.1) is 22.6 Å². The number of hydrogen-bond acceptors (Lipinski definition) is 10. The first-order valence-corrected chi connectivity index (χ1v) is 14.5. The molecule has 0 saturated carbocycles. The summed E-state index contributed by atoms with van der Waals surface area (Å²) in [5.74, 6) is 2.65. The molecule has 12 nitrogen and oxygen atoms in total. The molecule has 0 unspecified atom stereocenters. The standard InChI is InChI=1S/C17H22BN3O4.C11H10BrN3O2/c1-10-15(22)20-19-14-9-23-13-8-11(6-7-12(13)21(10)14)18-24-16(2,3)17(4,5)25-18;1-6-11(16)14-13-10-5-17-9-4-7(12)2-3-8(9)15(6)10/h6-8,10H,9H2,1-5H3,(H,20,22);2-4,6H,5H2,1H3,(H,14,16)/t10-;6-/m11/s1. The van der Waals surface area contributed by atoms with Crippen LogP contribution in [0, 0.1) is 0 Å². The van der Waals surface area contributed by atoms with E-state index < -0.39 is 18.3 Å². The topological polar surface area (TPSA) is 126 Å². The van der Waals surface area contributed by atoms with Crippen LogP contribution in [0.3, 0.4) is 0 Å². The van der Waals surface area contributed by atoms with Gasteiger partial charge >= 0.3 is 7.12 Å². The van der Waals surface area contributed by atoms with Crippen LogP contribution in [-0.4, -0.2) is 67.1 Å². The smallest absolute Gasteiger partial charge is 0.483 e. The van der Waals surface area contributed by atoms with E-state index in [0.717, 1.165) is 32.9 Å². The Bertz CT molecular complexity index is 1510. The molecule has 42 heavy (non-hydrogen) atoms. The Balaban J connectivity index is 0.000000162.